The molecule has 2 aromatic heterocycles. The number of benzene rings is 1. The summed E-state index contributed by atoms with van der Waals surface area (Å²) in [5.41, 5.74) is 2.54. The monoisotopic (exact) mass is 401 g/mol. The Balaban J connectivity index is 1.81. The van der Waals surface area contributed by atoms with Crippen molar-refractivity contribution in [3.8, 4) is 16.9 Å². The van der Waals surface area contributed by atoms with Crippen molar-refractivity contribution in [2.75, 3.05) is 26.7 Å². The van der Waals surface area contributed by atoms with Gasteiger partial charge < -0.3 is 9.84 Å². The molecule has 7 heteroatoms. The average molecular weight is 402 g/mol. The Hall–Kier alpha value is -2.48. The number of ketones is 1. The summed E-state index contributed by atoms with van der Waals surface area (Å²) < 4.78 is 5.83. The van der Waals surface area contributed by atoms with Crippen molar-refractivity contribution in [3.63, 3.8) is 0 Å². The number of hydrogen-bond donors (Lipinski definition) is 1. The van der Waals surface area contributed by atoms with E-state index in [-0.39, 0.29) is 12.3 Å². The number of aliphatic carboxylic acids is 1. The molecule has 1 aromatic carbocycles. The Kier molecular flexibility index (Phi) is 6.39. The average Bonchev–Trinajstić information content (AvgIpc) is 3.34. The van der Waals surface area contributed by atoms with Gasteiger partial charge in [0.05, 0.1) is 17.0 Å². The molecule has 0 atom stereocenters. The summed E-state index contributed by atoms with van der Waals surface area (Å²) in [5, 5.41) is 14.7. The number of carbonyl (C=O) groups excluding carboxylic acids is 1. The number of ether oxygens (including phenoxy) is 1. The van der Waals surface area contributed by atoms with Gasteiger partial charge in [0.1, 0.15) is 12.4 Å². The minimum Gasteiger partial charge on any atom is -0.491 e. The first-order valence-corrected chi connectivity index (χ1v) is 10.1. The second kappa shape index (κ2) is 8.94. The van der Waals surface area contributed by atoms with Crippen molar-refractivity contribution in [2.24, 2.45) is 0 Å². The molecule has 5 nitrogen and oxygen atoms in total. The fourth-order valence-corrected chi connectivity index (χ4v) is 3.95. The summed E-state index contributed by atoms with van der Waals surface area (Å²) >= 11 is 3.00. The summed E-state index contributed by atoms with van der Waals surface area (Å²) in [6, 6.07) is 11.3. The van der Waals surface area contributed by atoms with E-state index in [9.17, 15) is 9.59 Å². The molecule has 0 unspecified atom stereocenters. The highest BCUT2D eigenvalue weighted by molar-refractivity contribution is 7.12. The molecule has 1 N–H and O–H groups in total. The lowest BCUT2D eigenvalue weighted by molar-refractivity contribution is -0.138. The third-order valence-corrected chi connectivity index (χ3v) is 5.51. The zero-order valence-electron chi connectivity index (χ0n) is 14.8. The normalized spacial score (nSPS) is 10.9. The number of carboxylic acid groups (broad SMARTS) is 1. The third kappa shape index (κ3) is 5.03. The Morgan fingerprint density at radius 1 is 1.15 bits per heavy atom. The van der Waals surface area contributed by atoms with Gasteiger partial charge in [-0.1, -0.05) is 12.1 Å². The molecule has 140 valence electrons. The summed E-state index contributed by atoms with van der Waals surface area (Å²) in [7, 11) is 1.72. The molecule has 3 aromatic rings. The predicted molar refractivity (Wildman–Crippen MR) is 108 cm³/mol. The number of thiophene rings is 2. The lowest BCUT2D eigenvalue weighted by Crippen LogP contribution is -2.29. The van der Waals surface area contributed by atoms with Crippen molar-refractivity contribution in [1.82, 2.24) is 4.90 Å². The van der Waals surface area contributed by atoms with E-state index in [1.807, 2.05) is 46.5 Å². The van der Waals surface area contributed by atoms with E-state index >= 15 is 0 Å². The number of hydrogen-bond acceptors (Lipinski definition) is 6. The SMILES string of the molecule is CN(CCOc1ccc(-c2ccsc2)cc1C(=O)c1cccs1)CC(=O)O. The number of likely N-dealkylation sites (N-methyl/N-ethyl adjacent to an activating group) is 1. The van der Waals surface area contributed by atoms with Crippen LogP contribution < -0.4 is 4.74 Å². The zero-order valence-corrected chi connectivity index (χ0v) is 16.4. The molecule has 0 fully saturated rings. The number of rotatable bonds is 9. The van der Waals surface area contributed by atoms with Crippen LogP contribution in [0.25, 0.3) is 11.1 Å². The molecule has 27 heavy (non-hydrogen) atoms. The van der Waals surface area contributed by atoms with Gasteiger partial charge in [0.25, 0.3) is 0 Å². The van der Waals surface area contributed by atoms with Gasteiger partial charge in [-0.15, -0.1) is 11.3 Å². The molecule has 0 bridgehead atoms. The molecule has 0 aliphatic rings. The Bertz CT molecular complexity index is 904. The second-order valence-corrected chi connectivity index (χ2v) is 7.74. The van der Waals surface area contributed by atoms with Crippen LogP contribution in [0, 0.1) is 0 Å². The first-order chi connectivity index (χ1) is 13.0. The fourth-order valence-electron chi connectivity index (χ4n) is 2.60. The smallest absolute Gasteiger partial charge is 0.317 e. The van der Waals surface area contributed by atoms with E-state index in [0.717, 1.165) is 11.1 Å². The van der Waals surface area contributed by atoms with Gasteiger partial charge in [0.15, 0.2) is 0 Å². The van der Waals surface area contributed by atoms with Crippen LogP contribution in [0.15, 0.2) is 52.5 Å². The standard InChI is InChI=1S/C20H19NO4S2/c1-21(12-19(22)23)7-8-25-17-5-4-14(15-6-10-26-13-15)11-16(17)20(24)18-3-2-9-27-18/h2-6,9-11,13H,7-8,12H2,1H3,(H,22,23). The molecular weight excluding hydrogens is 382 g/mol. The molecule has 0 saturated heterocycles. The third-order valence-electron chi connectivity index (χ3n) is 3.96. The molecule has 2 heterocycles. The van der Waals surface area contributed by atoms with E-state index in [0.29, 0.717) is 29.3 Å². The number of nitrogens with zero attached hydrogens (tertiary/aromatic N) is 1. The van der Waals surface area contributed by atoms with Gasteiger partial charge in [-0.3, -0.25) is 14.5 Å². The highest BCUT2D eigenvalue weighted by atomic mass is 32.1. The highest BCUT2D eigenvalue weighted by Crippen LogP contribution is 2.30. The molecule has 0 spiro atoms. The summed E-state index contributed by atoms with van der Waals surface area (Å²) in [4.78, 5) is 26.0. The largest absolute Gasteiger partial charge is 0.491 e. The Labute approximate surface area is 165 Å². The summed E-state index contributed by atoms with van der Waals surface area (Å²) in [5.74, 6) is -0.446. The van der Waals surface area contributed by atoms with Crippen molar-refractivity contribution < 1.29 is 19.4 Å². The van der Waals surface area contributed by atoms with Gasteiger partial charge in [0, 0.05) is 6.54 Å². The Morgan fingerprint density at radius 3 is 2.67 bits per heavy atom. The lowest BCUT2D eigenvalue weighted by Gasteiger charge is -2.16. The maximum Gasteiger partial charge on any atom is 0.317 e. The summed E-state index contributed by atoms with van der Waals surface area (Å²) in [6.07, 6.45) is 0. The molecule has 0 amide bonds. The molecule has 0 aliphatic carbocycles. The molecule has 0 saturated carbocycles. The van der Waals surface area contributed by atoms with Crippen LogP contribution in [-0.2, 0) is 4.79 Å². The van der Waals surface area contributed by atoms with Crippen molar-refractivity contribution in [1.29, 1.82) is 0 Å². The van der Waals surface area contributed by atoms with Gasteiger partial charge in [-0.05, 0) is 58.6 Å². The van der Waals surface area contributed by atoms with Crippen LogP contribution in [0.1, 0.15) is 15.2 Å². The molecule has 3 rings (SSSR count). The van der Waals surface area contributed by atoms with Crippen LogP contribution >= 0.6 is 22.7 Å². The van der Waals surface area contributed by atoms with Crippen molar-refractivity contribution >= 4 is 34.4 Å². The van der Waals surface area contributed by atoms with E-state index in [2.05, 4.69) is 0 Å². The molecular formula is C20H19NO4S2. The van der Waals surface area contributed by atoms with E-state index < -0.39 is 5.97 Å². The van der Waals surface area contributed by atoms with E-state index in [1.165, 1.54) is 11.3 Å². The van der Waals surface area contributed by atoms with E-state index in [1.54, 1.807) is 29.4 Å². The minimum atomic E-state index is -0.883. The quantitative estimate of drug-likeness (QED) is 0.547. The van der Waals surface area contributed by atoms with Crippen LogP contribution in [0.2, 0.25) is 0 Å². The van der Waals surface area contributed by atoms with Crippen LogP contribution in [0.3, 0.4) is 0 Å². The van der Waals surface area contributed by atoms with Gasteiger partial charge >= 0.3 is 5.97 Å². The topological polar surface area (TPSA) is 66.8 Å². The maximum absolute atomic E-state index is 12.9. The fraction of sp³-hybridized carbons (Fsp3) is 0.200. The van der Waals surface area contributed by atoms with E-state index in [4.69, 9.17) is 9.84 Å². The van der Waals surface area contributed by atoms with Crippen molar-refractivity contribution in [2.45, 2.75) is 0 Å². The summed E-state index contributed by atoms with van der Waals surface area (Å²) in [6.45, 7) is 0.693. The second-order valence-electron chi connectivity index (χ2n) is 6.01. The first kappa shape index (κ1) is 19.3. The predicted octanol–water partition coefficient (Wildman–Crippen LogP) is 4.10. The maximum atomic E-state index is 12.9. The van der Waals surface area contributed by atoms with Gasteiger partial charge in [0.2, 0.25) is 5.78 Å². The van der Waals surface area contributed by atoms with Crippen LogP contribution in [0.4, 0.5) is 0 Å². The van der Waals surface area contributed by atoms with Crippen LogP contribution in [-0.4, -0.2) is 48.5 Å². The van der Waals surface area contributed by atoms with Gasteiger partial charge in [-0.2, -0.15) is 11.3 Å². The number of carboxylic acids is 1. The minimum absolute atomic E-state index is 0.0541. The van der Waals surface area contributed by atoms with Gasteiger partial charge in [-0.25, -0.2) is 0 Å². The zero-order chi connectivity index (χ0) is 19.2. The molecule has 0 aliphatic heterocycles. The lowest BCUT2D eigenvalue weighted by atomic mass is 10.0. The van der Waals surface area contributed by atoms with Crippen LogP contribution in [0.5, 0.6) is 5.75 Å². The molecule has 0 radical (unpaired) electrons. The first-order valence-electron chi connectivity index (χ1n) is 8.32. The number of carbonyl (C=O) groups is 2. The Morgan fingerprint density at radius 2 is 2.00 bits per heavy atom. The highest BCUT2D eigenvalue weighted by Gasteiger charge is 2.17. The van der Waals surface area contributed by atoms with Crippen molar-refractivity contribution in [3.05, 3.63) is 63.0 Å².